The Morgan fingerprint density at radius 2 is 2.14 bits per heavy atom. The molecule has 0 radical (unpaired) electrons. The molecule has 3 heterocycles. The molecule has 2 aromatic rings. The number of imidazole rings is 1. The summed E-state index contributed by atoms with van der Waals surface area (Å²) in [5.74, 6) is 0.250. The summed E-state index contributed by atoms with van der Waals surface area (Å²) in [6.45, 7) is -0.406. The van der Waals surface area contributed by atoms with Gasteiger partial charge in [0.2, 0.25) is 0 Å². The number of thiocarbonyl (C=S) groups is 1. The molecule has 9 nitrogen and oxygen atoms in total. The van der Waals surface area contributed by atoms with E-state index in [0.717, 1.165) is 0 Å². The van der Waals surface area contributed by atoms with Crippen LogP contribution in [0.15, 0.2) is 17.6 Å². The number of nitrogens with zero attached hydrogens (tertiary/aromatic N) is 5. The van der Waals surface area contributed by atoms with Crippen LogP contribution in [0.5, 0.6) is 0 Å². The summed E-state index contributed by atoms with van der Waals surface area (Å²) in [6.07, 6.45) is -1.54. The van der Waals surface area contributed by atoms with Crippen LogP contribution in [0, 0.1) is 0 Å². The Labute approximate surface area is 123 Å². The van der Waals surface area contributed by atoms with Crippen molar-refractivity contribution in [3.8, 4) is 0 Å². The Balaban J connectivity index is 2.06. The molecule has 0 bridgehead atoms. The molecule has 2 aromatic heterocycles. The number of isothiocyanates is 1. The van der Waals surface area contributed by atoms with Gasteiger partial charge in [-0.3, -0.25) is 4.57 Å². The van der Waals surface area contributed by atoms with Crippen LogP contribution in [0.25, 0.3) is 11.2 Å². The molecule has 0 saturated carbocycles. The maximum absolute atomic E-state index is 10.0. The topological polar surface area (TPSA) is 126 Å². The van der Waals surface area contributed by atoms with Gasteiger partial charge in [0.1, 0.15) is 24.6 Å². The van der Waals surface area contributed by atoms with Crippen molar-refractivity contribution in [2.24, 2.45) is 4.99 Å². The zero-order valence-electron chi connectivity index (χ0n) is 10.6. The minimum atomic E-state index is -1.22. The number of aromatic nitrogens is 4. The molecular formula is C11H11N5O4S. The minimum Gasteiger partial charge on any atom is -0.394 e. The van der Waals surface area contributed by atoms with Crippen molar-refractivity contribution >= 4 is 34.4 Å². The van der Waals surface area contributed by atoms with Crippen LogP contribution in [0.4, 0.5) is 5.82 Å². The van der Waals surface area contributed by atoms with Crippen molar-refractivity contribution in [2.45, 2.75) is 24.5 Å². The van der Waals surface area contributed by atoms with Gasteiger partial charge in [0, 0.05) is 0 Å². The third-order valence-electron chi connectivity index (χ3n) is 3.28. The van der Waals surface area contributed by atoms with Crippen molar-refractivity contribution in [3.63, 3.8) is 0 Å². The van der Waals surface area contributed by atoms with Gasteiger partial charge < -0.3 is 20.1 Å². The first kappa shape index (κ1) is 14.1. The molecule has 1 aliphatic rings. The number of aliphatic imine (C=N–C) groups is 1. The van der Waals surface area contributed by atoms with Crippen molar-refractivity contribution in [1.82, 2.24) is 19.5 Å². The molecular weight excluding hydrogens is 298 g/mol. The third kappa shape index (κ3) is 2.23. The van der Waals surface area contributed by atoms with Crippen LogP contribution < -0.4 is 0 Å². The van der Waals surface area contributed by atoms with Crippen LogP contribution in [0.1, 0.15) is 6.23 Å². The van der Waals surface area contributed by atoms with E-state index in [4.69, 9.17) is 9.84 Å². The summed E-state index contributed by atoms with van der Waals surface area (Å²) in [5.41, 5.74) is 0.733. The Morgan fingerprint density at radius 1 is 1.33 bits per heavy atom. The van der Waals surface area contributed by atoms with Crippen molar-refractivity contribution in [2.75, 3.05) is 6.61 Å². The third-order valence-corrected chi connectivity index (χ3v) is 3.37. The summed E-state index contributed by atoms with van der Waals surface area (Å²) in [7, 11) is 0. The molecule has 0 amide bonds. The number of ether oxygens (including phenoxy) is 1. The van der Waals surface area contributed by atoms with E-state index in [0.29, 0.717) is 11.2 Å². The maximum atomic E-state index is 10.0. The Morgan fingerprint density at radius 3 is 2.81 bits per heavy atom. The molecule has 0 unspecified atom stereocenters. The van der Waals surface area contributed by atoms with Gasteiger partial charge in [-0.1, -0.05) is 0 Å². The second-order valence-corrected chi connectivity index (χ2v) is 4.64. The Hall–Kier alpha value is -1.81. The van der Waals surface area contributed by atoms with Crippen LogP contribution in [0.3, 0.4) is 0 Å². The monoisotopic (exact) mass is 309 g/mol. The van der Waals surface area contributed by atoms with E-state index in [-0.39, 0.29) is 5.82 Å². The van der Waals surface area contributed by atoms with E-state index in [9.17, 15) is 10.2 Å². The second-order valence-electron chi connectivity index (χ2n) is 4.45. The zero-order valence-corrected chi connectivity index (χ0v) is 11.4. The van der Waals surface area contributed by atoms with E-state index in [1.165, 1.54) is 17.2 Å². The van der Waals surface area contributed by atoms with Crippen LogP contribution in [0.2, 0.25) is 0 Å². The van der Waals surface area contributed by atoms with E-state index in [2.05, 4.69) is 37.3 Å². The van der Waals surface area contributed by atoms with Gasteiger partial charge in [-0.05, 0) is 12.2 Å². The molecule has 1 aliphatic heterocycles. The molecule has 21 heavy (non-hydrogen) atoms. The average molecular weight is 309 g/mol. The van der Waals surface area contributed by atoms with Crippen LogP contribution in [-0.2, 0) is 4.74 Å². The van der Waals surface area contributed by atoms with E-state index < -0.39 is 31.1 Å². The lowest BCUT2D eigenvalue weighted by molar-refractivity contribution is -0.0511. The standard InChI is InChI=1S/C11H11N5O4S/c17-1-5-7(18)8(19)11(20-5)16-3-14-6-9(15-4-21)12-2-13-10(6)16/h2-3,5,7-8,11,17-19H,1H2/t5-,7-,8-,11-/m1/s1. The van der Waals surface area contributed by atoms with Gasteiger partial charge in [-0.25, -0.2) is 15.0 Å². The van der Waals surface area contributed by atoms with Crippen LogP contribution in [-0.4, -0.2) is 64.9 Å². The average Bonchev–Trinajstić information content (AvgIpc) is 3.03. The van der Waals surface area contributed by atoms with Crippen molar-refractivity contribution in [3.05, 3.63) is 12.7 Å². The molecule has 1 saturated heterocycles. The maximum Gasteiger partial charge on any atom is 0.193 e. The molecule has 0 spiro atoms. The first-order chi connectivity index (χ1) is 10.2. The molecule has 1 fully saturated rings. The van der Waals surface area contributed by atoms with Crippen molar-refractivity contribution in [1.29, 1.82) is 0 Å². The quantitative estimate of drug-likeness (QED) is 0.495. The summed E-state index contributed by atoms with van der Waals surface area (Å²) in [5, 5.41) is 31.1. The van der Waals surface area contributed by atoms with E-state index in [1.807, 2.05) is 0 Å². The lowest BCUT2D eigenvalue weighted by Gasteiger charge is -2.16. The number of hydrogen-bond acceptors (Lipinski definition) is 9. The molecule has 3 rings (SSSR count). The Kier molecular flexibility index (Phi) is 3.72. The number of fused-ring (bicyclic) bond motifs is 1. The molecule has 110 valence electrons. The summed E-state index contributed by atoms with van der Waals surface area (Å²) in [6, 6.07) is 0. The largest absolute Gasteiger partial charge is 0.394 e. The summed E-state index contributed by atoms with van der Waals surface area (Å²) >= 11 is 4.54. The van der Waals surface area contributed by atoms with Gasteiger partial charge in [0.25, 0.3) is 0 Å². The fourth-order valence-corrected chi connectivity index (χ4v) is 2.35. The molecule has 10 heteroatoms. The van der Waals surface area contributed by atoms with E-state index in [1.54, 1.807) is 0 Å². The summed E-state index contributed by atoms with van der Waals surface area (Å²) < 4.78 is 6.88. The van der Waals surface area contributed by atoms with Gasteiger partial charge in [0.15, 0.2) is 23.2 Å². The zero-order chi connectivity index (χ0) is 15.0. The number of hydrogen-bond donors (Lipinski definition) is 3. The highest BCUT2D eigenvalue weighted by Crippen LogP contribution is 2.32. The fraction of sp³-hybridized carbons (Fsp3) is 0.455. The highest BCUT2D eigenvalue weighted by molar-refractivity contribution is 7.78. The fourth-order valence-electron chi connectivity index (χ4n) is 2.26. The minimum absolute atomic E-state index is 0.250. The molecule has 3 N–H and O–H groups in total. The van der Waals surface area contributed by atoms with Crippen LogP contribution >= 0.6 is 12.2 Å². The molecule has 4 atom stereocenters. The first-order valence-electron chi connectivity index (χ1n) is 6.05. The highest BCUT2D eigenvalue weighted by atomic mass is 32.1. The van der Waals surface area contributed by atoms with Crippen molar-refractivity contribution < 1.29 is 20.1 Å². The number of aliphatic hydroxyl groups is 3. The molecule has 0 aromatic carbocycles. The predicted octanol–water partition coefficient (Wildman–Crippen LogP) is -0.828. The Bertz CT molecular complexity index is 716. The smallest absolute Gasteiger partial charge is 0.193 e. The summed E-state index contributed by atoms with van der Waals surface area (Å²) in [4.78, 5) is 15.9. The normalized spacial score (nSPS) is 28.7. The number of rotatable bonds is 3. The van der Waals surface area contributed by atoms with Gasteiger partial charge >= 0.3 is 0 Å². The van der Waals surface area contributed by atoms with Gasteiger partial charge in [-0.15, -0.1) is 0 Å². The van der Waals surface area contributed by atoms with Gasteiger partial charge in [0.05, 0.1) is 18.1 Å². The predicted molar refractivity (Wildman–Crippen MR) is 73.0 cm³/mol. The SMILES string of the molecule is OC[C@H]1O[C@@H](n2cnc3c(N=C=S)ncnc32)[C@H](O)[C@@H]1O. The number of aliphatic hydroxyl groups excluding tert-OH is 3. The van der Waals surface area contributed by atoms with Gasteiger partial charge in [-0.2, -0.15) is 4.99 Å². The highest BCUT2D eigenvalue weighted by Gasteiger charge is 2.43. The first-order valence-corrected chi connectivity index (χ1v) is 6.46. The lowest BCUT2D eigenvalue weighted by atomic mass is 10.1. The molecule has 0 aliphatic carbocycles. The lowest BCUT2D eigenvalue weighted by Crippen LogP contribution is -2.33. The van der Waals surface area contributed by atoms with E-state index >= 15 is 0 Å². The second kappa shape index (κ2) is 5.53.